The van der Waals surface area contributed by atoms with Gasteiger partial charge in [0, 0.05) is 19.0 Å². The molecule has 0 aromatic heterocycles. The van der Waals surface area contributed by atoms with Gasteiger partial charge in [0.15, 0.2) is 6.10 Å². The first-order valence-electron chi connectivity index (χ1n) is 6.84. The molecule has 4 heteroatoms. The Bertz CT molecular complexity index is 421. The van der Waals surface area contributed by atoms with Gasteiger partial charge in [0.25, 0.3) is 5.91 Å². The van der Waals surface area contributed by atoms with E-state index in [4.69, 9.17) is 10.5 Å². The van der Waals surface area contributed by atoms with Crippen LogP contribution in [0, 0.1) is 5.92 Å². The monoisotopic (exact) mass is 262 g/mol. The lowest BCUT2D eigenvalue weighted by Gasteiger charge is -2.16. The zero-order valence-corrected chi connectivity index (χ0v) is 11.6. The van der Waals surface area contributed by atoms with Crippen LogP contribution in [0.4, 0.5) is 0 Å². The Balaban J connectivity index is 1.80. The molecule has 0 radical (unpaired) electrons. The van der Waals surface area contributed by atoms with E-state index in [1.165, 1.54) is 0 Å². The molecule has 1 heterocycles. The number of carbonyl (C=O) groups is 1. The van der Waals surface area contributed by atoms with Crippen LogP contribution in [0.5, 0.6) is 5.75 Å². The fourth-order valence-electron chi connectivity index (χ4n) is 2.36. The van der Waals surface area contributed by atoms with Gasteiger partial charge >= 0.3 is 0 Å². The number of ether oxygens (including phenoxy) is 1. The molecule has 104 valence electrons. The third kappa shape index (κ3) is 3.70. The lowest BCUT2D eigenvalue weighted by Crippen LogP contribution is -2.43. The largest absolute Gasteiger partial charge is 0.480 e. The van der Waals surface area contributed by atoms with E-state index in [1.54, 1.807) is 0 Å². The van der Waals surface area contributed by atoms with Crippen molar-refractivity contribution in [1.29, 1.82) is 0 Å². The first kappa shape index (κ1) is 13.9. The second kappa shape index (κ2) is 6.06. The topological polar surface area (TPSA) is 64.3 Å². The third-order valence-corrected chi connectivity index (χ3v) is 3.25. The van der Waals surface area contributed by atoms with Gasteiger partial charge in [-0.15, -0.1) is 0 Å². The van der Waals surface area contributed by atoms with Crippen molar-refractivity contribution in [3.8, 4) is 5.75 Å². The van der Waals surface area contributed by atoms with Crippen molar-refractivity contribution < 1.29 is 9.53 Å². The molecule has 1 aliphatic heterocycles. The molecule has 0 bridgehead atoms. The molecule has 2 rings (SSSR count). The van der Waals surface area contributed by atoms with E-state index in [0.717, 1.165) is 17.7 Å². The van der Waals surface area contributed by atoms with Gasteiger partial charge in [-0.1, -0.05) is 32.0 Å². The van der Waals surface area contributed by atoms with Crippen LogP contribution in [-0.4, -0.2) is 24.6 Å². The number of fused-ring (bicyclic) bond motifs is 1. The summed E-state index contributed by atoms with van der Waals surface area (Å²) in [6, 6.07) is 7.77. The van der Waals surface area contributed by atoms with Gasteiger partial charge in [-0.3, -0.25) is 4.79 Å². The van der Waals surface area contributed by atoms with Crippen molar-refractivity contribution in [2.45, 2.75) is 38.8 Å². The van der Waals surface area contributed by atoms with Gasteiger partial charge in [-0.25, -0.2) is 0 Å². The first-order valence-corrected chi connectivity index (χ1v) is 6.84. The van der Waals surface area contributed by atoms with Gasteiger partial charge in [-0.2, -0.15) is 0 Å². The maximum Gasteiger partial charge on any atom is 0.261 e. The number of hydrogen-bond donors (Lipinski definition) is 2. The summed E-state index contributed by atoms with van der Waals surface area (Å²) in [6.07, 6.45) is 1.14. The van der Waals surface area contributed by atoms with Crippen LogP contribution in [0.2, 0.25) is 0 Å². The van der Waals surface area contributed by atoms with E-state index < -0.39 is 6.10 Å². The summed E-state index contributed by atoms with van der Waals surface area (Å²) >= 11 is 0. The van der Waals surface area contributed by atoms with Crippen LogP contribution in [0.1, 0.15) is 25.8 Å². The predicted octanol–water partition coefficient (Wildman–Crippen LogP) is 1.48. The summed E-state index contributed by atoms with van der Waals surface area (Å²) in [4.78, 5) is 12.0. The SMILES string of the molecule is CC(C)CC(N)CNC(=O)C1Cc2ccccc2O1. The van der Waals surface area contributed by atoms with Crippen molar-refractivity contribution >= 4 is 5.91 Å². The van der Waals surface area contributed by atoms with Crippen LogP contribution in [-0.2, 0) is 11.2 Å². The number of benzene rings is 1. The second-order valence-electron chi connectivity index (χ2n) is 5.55. The van der Waals surface area contributed by atoms with Crippen molar-refractivity contribution in [3.05, 3.63) is 29.8 Å². The lowest BCUT2D eigenvalue weighted by atomic mass is 10.0. The third-order valence-electron chi connectivity index (χ3n) is 3.25. The highest BCUT2D eigenvalue weighted by atomic mass is 16.5. The summed E-state index contributed by atoms with van der Waals surface area (Å²) < 4.78 is 5.63. The van der Waals surface area contributed by atoms with Crippen LogP contribution in [0.25, 0.3) is 0 Å². The molecule has 0 aliphatic carbocycles. The van der Waals surface area contributed by atoms with Crippen LogP contribution in [0.15, 0.2) is 24.3 Å². The fraction of sp³-hybridized carbons (Fsp3) is 0.533. The highest BCUT2D eigenvalue weighted by molar-refractivity contribution is 5.82. The molecule has 1 amide bonds. The maximum atomic E-state index is 12.0. The van der Waals surface area contributed by atoms with Gasteiger partial charge < -0.3 is 15.8 Å². The smallest absolute Gasteiger partial charge is 0.261 e. The summed E-state index contributed by atoms with van der Waals surface area (Å²) in [5, 5.41) is 2.88. The summed E-state index contributed by atoms with van der Waals surface area (Å²) in [6.45, 7) is 4.75. The minimum Gasteiger partial charge on any atom is -0.480 e. The molecular weight excluding hydrogens is 240 g/mol. The van der Waals surface area contributed by atoms with E-state index in [2.05, 4.69) is 19.2 Å². The minimum atomic E-state index is -0.413. The molecule has 4 nitrogen and oxygen atoms in total. The molecule has 0 fully saturated rings. The zero-order chi connectivity index (χ0) is 13.8. The van der Waals surface area contributed by atoms with Gasteiger partial charge in [-0.05, 0) is 24.0 Å². The predicted molar refractivity (Wildman–Crippen MR) is 75.0 cm³/mol. The molecule has 3 N–H and O–H groups in total. The van der Waals surface area contributed by atoms with Gasteiger partial charge in [0.2, 0.25) is 0 Å². The molecule has 1 aliphatic rings. The van der Waals surface area contributed by atoms with E-state index in [9.17, 15) is 4.79 Å². The Morgan fingerprint density at radius 1 is 1.47 bits per heavy atom. The quantitative estimate of drug-likeness (QED) is 0.845. The highest BCUT2D eigenvalue weighted by Gasteiger charge is 2.28. The maximum absolute atomic E-state index is 12.0. The number of hydrogen-bond acceptors (Lipinski definition) is 3. The second-order valence-corrected chi connectivity index (χ2v) is 5.55. The Labute approximate surface area is 114 Å². The van der Waals surface area contributed by atoms with Crippen molar-refractivity contribution in [2.24, 2.45) is 11.7 Å². The number of nitrogens with two attached hydrogens (primary N) is 1. The number of nitrogens with one attached hydrogen (secondary N) is 1. The summed E-state index contributed by atoms with van der Waals surface area (Å²) in [7, 11) is 0. The molecule has 1 aromatic carbocycles. The first-order chi connectivity index (χ1) is 9.06. The molecule has 0 spiro atoms. The zero-order valence-electron chi connectivity index (χ0n) is 11.6. The minimum absolute atomic E-state index is 0.00716. The number of amides is 1. The Morgan fingerprint density at radius 2 is 2.21 bits per heavy atom. The van der Waals surface area contributed by atoms with Crippen LogP contribution in [0.3, 0.4) is 0 Å². The van der Waals surface area contributed by atoms with Gasteiger partial charge in [0.05, 0.1) is 0 Å². The lowest BCUT2D eigenvalue weighted by molar-refractivity contribution is -0.127. The number of para-hydroxylation sites is 1. The van der Waals surface area contributed by atoms with Crippen molar-refractivity contribution in [2.75, 3.05) is 6.54 Å². The fourth-order valence-corrected chi connectivity index (χ4v) is 2.36. The molecule has 19 heavy (non-hydrogen) atoms. The van der Waals surface area contributed by atoms with E-state index in [0.29, 0.717) is 18.9 Å². The van der Waals surface area contributed by atoms with Crippen LogP contribution < -0.4 is 15.8 Å². The number of rotatable bonds is 5. The summed E-state index contributed by atoms with van der Waals surface area (Å²) in [5.41, 5.74) is 7.04. The van der Waals surface area contributed by atoms with E-state index in [1.807, 2.05) is 24.3 Å². The molecule has 2 unspecified atom stereocenters. The van der Waals surface area contributed by atoms with Crippen LogP contribution >= 0.6 is 0 Å². The van der Waals surface area contributed by atoms with Crippen molar-refractivity contribution in [1.82, 2.24) is 5.32 Å². The summed E-state index contributed by atoms with van der Waals surface area (Å²) in [5.74, 6) is 1.28. The molecule has 1 aromatic rings. The molecular formula is C15H22N2O2. The van der Waals surface area contributed by atoms with Crippen molar-refractivity contribution in [3.63, 3.8) is 0 Å². The Hall–Kier alpha value is -1.55. The standard InChI is InChI=1S/C15H22N2O2/c1-10(2)7-12(16)9-17-15(18)14-8-11-5-3-4-6-13(11)19-14/h3-6,10,12,14H,7-9,16H2,1-2H3,(H,17,18). The highest BCUT2D eigenvalue weighted by Crippen LogP contribution is 2.28. The Morgan fingerprint density at radius 3 is 2.89 bits per heavy atom. The van der Waals surface area contributed by atoms with E-state index in [-0.39, 0.29) is 11.9 Å². The van der Waals surface area contributed by atoms with Gasteiger partial charge in [0.1, 0.15) is 5.75 Å². The van der Waals surface area contributed by atoms with E-state index >= 15 is 0 Å². The molecule has 0 saturated carbocycles. The number of carbonyl (C=O) groups excluding carboxylic acids is 1. The molecule has 0 saturated heterocycles. The average Bonchev–Trinajstić information content (AvgIpc) is 2.78. The Kier molecular flexibility index (Phi) is 4.43. The molecule has 2 atom stereocenters. The normalized spacial score (nSPS) is 18.8. The average molecular weight is 262 g/mol.